The highest BCUT2D eigenvalue weighted by atomic mass is 35.5. The number of ether oxygens (including phenoxy) is 2. The first-order valence-electron chi connectivity index (χ1n) is 13.5. The number of hydrogen-bond acceptors (Lipinski definition) is 5. The van der Waals surface area contributed by atoms with E-state index in [1.54, 1.807) is 65.6 Å². The van der Waals surface area contributed by atoms with Crippen LogP contribution >= 0.6 is 11.6 Å². The van der Waals surface area contributed by atoms with E-state index < -0.39 is 30.1 Å². The van der Waals surface area contributed by atoms with E-state index in [0.717, 1.165) is 0 Å². The zero-order valence-corrected chi connectivity index (χ0v) is 23.8. The third-order valence-corrected chi connectivity index (χ3v) is 7.80. The number of halogens is 2. The molecule has 0 spiro atoms. The SMILES string of the molecule is CC(C)(C)C1C(NC(=O)O)CCN1C[C@@H]1OC(=O)N(c2ccc(Oc3ccc(Cl)cc3)cc2)[C@H]1c1cccc(F)c1. The molecule has 0 aliphatic carbocycles. The zero-order valence-electron chi connectivity index (χ0n) is 23.1. The molecule has 2 unspecified atom stereocenters. The molecule has 2 amide bonds. The van der Waals surface area contributed by atoms with Crippen molar-refractivity contribution in [2.24, 2.45) is 5.41 Å². The molecule has 2 N–H and O–H groups in total. The van der Waals surface area contributed by atoms with Gasteiger partial charge in [-0.2, -0.15) is 0 Å². The molecule has 216 valence electrons. The molecule has 2 aliphatic rings. The largest absolute Gasteiger partial charge is 0.465 e. The Labute approximate surface area is 243 Å². The summed E-state index contributed by atoms with van der Waals surface area (Å²) in [5.41, 5.74) is 0.934. The number of likely N-dealkylation sites (tertiary alicyclic amines) is 1. The van der Waals surface area contributed by atoms with Gasteiger partial charge in [0.25, 0.3) is 0 Å². The second-order valence-electron chi connectivity index (χ2n) is 11.5. The average Bonchev–Trinajstić information content (AvgIpc) is 3.45. The number of nitrogens with zero attached hydrogens (tertiary/aromatic N) is 2. The molecule has 4 atom stereocenters. The highest BCUT2D eigenvalue weighted by Crippen LogP contribution is 2.41. The van der Waals surface area contributed by atoms with Crippen molar-refractivity contribution in [1.82, 2.24) is 10.2 Å². The lowest BCUT2D eigenvalue weighted by Gasteiger charge is -2.39. The Kier molecular flexibility index (Phi) is 8.11. The fourth-order valence-electron chi connectivity index (χ4n) is 6.05. The lowest BCUT2D eigenvalue weighted by Crippen LogP contribution is -2.53. The van der Waals surface area contributed by atoms with Gasteiger partial charge in [-0.1, -0.05) is 44.5 Å². The van der Waals surface area contributed by atoms with E-state index in [1.807, 2.05) is 0 Å². The number of amides is 2. The normalized spacial score (nSPS) is 23.0. The van der Waals surface area contributed by atoms with Crippen LogP contribution in [0.3, 0.4) is 0 Å². The molecule has 0 saturated carbocycles. The second-order valence-corrected chi connectivity index (χ2v) is 11.9. The standard InChI is InChI=1S/C31H33ClFN3O5/c1-31(2,3)28-25(34-29(37)38)15-16-35(28)18-26-27(19-5-4-6-21(33)17-19)36(30(39)41-26)22-9-13-24(14-10-22)40-23-11-7-20(32)8-12-23/h4-14,17,25-28,34H,15-16,18H2,1-3H3,(H,37,38)/t25?,26-,27-,28?/m0/s1. The molecule has 2 saturated heterocycles. The predicted octanol–water partition coefficient (Wildman–Crippen LogP) is 7.09. The van der Waals surface area contributed by atoms with Crippen molar-refractivity contribution < 1.29 is 28.6 Å². The topological polar surface area (TPSA) is 91.3 Å². The van der Waals surface area contributed by atoms with Gasteiger partial charge in [-0.25, -0.2) is 14.0 Å². The van der Waals surface area contributed by atoms with Crippen LogP contribution in [0.25, 0.3) is 0 Å². The van der Waals surface area contributed by atoms with Crippen LogP contribution in [0.15, 0.2) is 72.8 Å². The number of carbonyl (C=O) groups excluding carboxylic acids is 1. The quantitative estimate of drug-likeness (QED) is 0.309. The fraction of sp³-hybridized carbons (Fsp3) is 0.355. The molecule has 2 fully saturated rings. The Hall–Kier alpha value is -3.82. The maximum atomic E-state index is 14.4. The van der Waals surface area contributed by atoms with Crippen molar-refractivity contribution >= 4 is 29.5 Å². The van der Waals surface area contributed by atoms with Crippen LogP contribution in [0.1, 0.15) is 38.8 Å². The number of rotatable bonds is 7. The molecule has 10 heteroatoms. The minimum absolute atomic E-state index is 0.121. The van der Waals surface area contributed by atoms with Gasteiger partial charge in [-0.15, -0.1) is 0 Å². The molecule has 0 bridgehead atoms. The van der Waals surface area contributed by atoms with Crippen molar-refractivity contribution in [2.45, 2.75) is 51.4 Å². The van der Waals surface area contributed by atoms with Gasteiger partial charge in [0.2, 0.25) is 0 Å². The summed E-state index contributed by atoms with van der Waals surface area (Å²) < 4.78 is 26.3. The van der Waals surface area contributed by atoms with Gasteiger partial charge in [0, 0.05) is 35.9 Å². The van der Waals surface area contributed by atoms with Crippen LogP contribution in [-0.2, 0) is 4.74 Å². The van der Waals surface area contributed by atoms with Crippen LogP contribution in [0.4, 0.5) is 19.7 Å². The Morgan fingerprint density at radius 3 is 2.37 bits per heavy atom. The van der Waals surface area contributed by atoms with E-state index in [0.29, 0.717) is 47.3 Å². The fourth-order valence-corrected chi connectivity index (χ4v) is 6.18. The summed E-state index contributed by atoms with van der Waals surface area (Å²) in [5.74, 6) is 0.784. The smallest absolute Gasteiger partial charge is 0.415 e. The van der Waals surface area contributed by atoms with Gasteiger partial charge >= 0.3 is 12.2 Å². The predicted molar refractivity (Wildman–Crippen MR) is 154 cm³/mol. The summed E-state index contributed by atoms with van der Waals surface area (Å²) >= 11 is 5.96. The maximum absolute atomic E-state index is 14.4. The Bertz CT molecular complexity index is 1400. The first-order valence-corrected chi connectivity index (χ1v) is 13.9. The lowest BCUT2D eigenvalue weighted by molar-refractivity contribution is 0.0589. The van der Waals surface area contributed by atoms with Gasteiger partial charge < -0.3 is 19.9 Å². The molecule has 8 nitrogen and oxygen atoms in total. The van der Waals surface area contributed by atoms with Gasteiger partial charge in [-0.05, 0) is 78.1 Å². The monoisotopic (exact) mass is 581 g/mol. The van der Waals surface area contributed by atoms with E-state index in [4.69, 9.17) is 21.1 Å². The van der Waals surface area contributed by atoms with Crippen molar-refractivity contribution in [1.29, 1.82) is 0 Å². The number of carboxylic acid groups (broad SMARTS) is 1. The molecular formula is C31H33ClFN3O5. The average molecular weight is 582 g/mol. The summed E-state index contributed by atoms with van der Waals surface area (Å²) in [4.78, 5) is 28.6. The number of cyclic esters (lactones) is 1. The zero-order chi connectivity index (χ0) is 29.3. The van der Waals surface area contributed by atoms with E-state index in [2.05, 4.69) is 31.0 Å². The lowest BCUT2D eigenvalue weighted by atomic mass is 9.82. The summed E-state index contributed by atoms with van der Waals surface area (Å²) in [7, 11) is 0. The molecule has 0 aromatic heterocycles. The Morgan fingerprint density at radius 2 is 1.76 bits per heavy atom. The molecule has 2 heterocycles. The van der Waals surface area contributed by atoms with Gasteiger partial charge in [-0.3, -0.25) is 9.80 Å². The Morgan fingerprint density at radius 1 is 1.10 bits per heavy atom. The van der Waals surface area contributed by atoms with Gasteiger partial charge in [0.15, 0.2) is 0 Å². The van der Waals surface area contributed by atoms with E-state index >= 15 is 0 Å². The third-order valence-electron chi connectivity index (χ3n) is 7.55. The van der Waals surface area contributed by atoms with Crippen LogP contribution in [-0.4, -0.2) is 53.5 Å². The van der Waals surface area contributed by atoms with Crippen LogP contribution < -0.4 is 15.0 Å². The number of anilines is 1. The third kappa shape index (κ3) is 6.41. The number of benzene rings is 3. The maximum Gasteiger partial charge on any atom is 0.415 e. The van der Waals surface area contributed by atoms with Crippen molar-refractivity contribution in [3.63, 3.8) is 0 Å². The van der Waals surface area contributed by atoms with Crippen molar-refractivity contribution in [3.05, 3.63) is 89.2 Å². The first-order chi connectivity index (χ1) is 19.5. The summed E-state index contributed by atoms with van der Waals surface area (Å²) in [6.07, 6.45) is -1.59. The van der Waals surface area contributed by atoms with Gasteiger partial charge in [0.1, 0.15) is 29.5 Å². The second kappa shape index (κ2) is 11.6. The van der Waals surface area contributed by atoms with Crippen LogP contribution in [0, 0.1) is 11.2 Å². The van der Waals surface area contributed by atoms with Crippen LogP contribution in [0.5, 0.6) is 11.5 Å². The molecule has 5 rings (SSSR count). The highest BCUT2D eigenvalue weighted by Gasteiger charge is 2.48. The minimum Gasteiger partial charge on any atom is -0.465 e. The van der Waals surface area contributed by atoms with Crippen molar-refractivity contribution in [2.75, 3.05) is 18.0 Å². The molecule has 3 aromatic rings. The molecule has 3 aromatic carbocycles. The summed E-state index contributed by atoms with van der Waals surface area (Å²) in [6.45, 7) is 7.19. The number of hydrogen-bond donors (Lipinski definition) is 2. The van der Waals surface area contributed by atoms with Crippen LogP contribution in [0.2, 0.25) is 5.02 Å². The van der Waals surface area contributed by atoms with Crippen molar-refractivity contribution in [3.8, 4) is 11.5 Å². The minimum atomic E-state index is -1.06. The summed E-state index contributed by atoms with van der Waals surface area (Å²) in [5, 5.41) is 12.7. The van der Waals surface area contributed by atoms with Gasteiger partial charge in [0.05, 0.1) is 0 Å². The molecule has 2 aliphatic heterocycles. The number of nitrogens with one attached hydrogen (secondary N) is 1. The molecular weight excluding hydrogens is 549 g/mol. The summed E-state index contributed by atoms with van der Waals surface area (Å²) in [6, 6.07) is 19.2. The molecule has 0 radical (unpaired) electrons. The highest BCUT2D eigenvalue weighted by molar-refractivity contribution is 6.30. The van der Waals surface area contributed by atoms with E-state index in [1.165, 1.54) is 12.1 Å². The number of carbonyl (C=O) groups is 2. The van der Waals surface area contributed by atoms with E-state index in [-0.39, 0.29) is 17.5 Å². The first kappa shape index (κ1) is 28.7. The Balaban J connectivity index is 1.43. The molecule has 41 heavy (non-hydrogen) atoms. The van der Waals surface area contributed by atoms with E-state index in [9.17, 15) is 19.1 Å².